The van der Waals surface area contributed by atoms with Crippen LogP contribution in [-0.2, 0) is 6.61 Å². The number of ether oxygens (including phenoxy) is 2. The molecule has 102 valence electrons. The zero-order valence-electron chi connectivity index (χ0n) is 11.2. The Morgan fingerprint density at radius 2 is 1.79 bits per heavy atom. The van der Waals surface area contributed by atoms with Gasteiger partial charge in [-0.1, -0.05) is 11.3 Å². The number of thiazole rings is 1. The molecule has 5 heteroatoms. The molecule has 0 saturated heterocycles. The van der Waals surface area contributed by atoms with Crippen molar-refractivity contribution in [1.82, 2.24) is 4.98 Å². The van der Waals surface area contributed by atoms with Gasteiger partial charge in [0.2, 0.25) is 0 Å². The first-order valence-electron chi connectivity index (χ1n) is 6.36. The number of nitrogens with one attached hydrogen (secondary N) is 1. The van der Waals surface area contributed by atoms with Gasteiger partial charge in [0, 0.05) is 12.7 Å². The number of aromatic nitrogens is 1. The van der Waals surface area contributed by atoms with Crippen LogP contribution in [0.1, 0.15) is 18.7 Å². The summed E-state index contributed by atoms with van der Waals surface area (Å²) in [6.07, 6.45) is 1.84. The van der Waals surface area contributed by atoms with Crippen LogP contribution in [0.4, 0.5) is 5.13 Å². The molecule has 0 saturated carbocycles. The summed E-state index contributed by atoms with van der Waals surface area (Å²) in [5, 5.41) is 4.12. The molecule has 0 aliphatic rings. The third kappa shape index (κ3) is 4.13. The molecule has 1 aromatic heterocycles. The van der Waals surface area contributed by atoms with Crippen LogP contribution in [0, 0.1) is 0 Å². The van der Waals surface area contributed by atoms with E-state index < -0.39 is 0 Å². The summed E-state index contributed by atoms with van der Waals surface area (Å²) >= 11 is 1.62. The van der Waals surface area contributed by atoms with E-state index in [-0.39, 0.29) is 0 Å². The van der Waals surface area contributed by atoms with E-state index in [0.29, 0.717) is 13.2 Å². The molecule has 2 aromatic rings. The van der Waals surface area contributed by atoms with E-state index in [4.69, 9.17) is 9.47 Å². The fourth-order valence-electron chi connectivity index (χ4n) is 1.56. The normalized spacial score (nSPS) is 10.2. The predicted molar refractivity (Wildman–Crippen MR) is 78.2 cm³/mol. The van der Waals surface area contributed by atoms with E-state index in [9.17, 15) is 0 Å². The summed E-state index contributed by atoms with van der Waals surface area (Å²) in [6.45, 7) is 6.12. The number of anilines is 1. The fraction of sp³-hybridized carbons (Fsp3) is 0.357. The molecule has 1 N–H and O–H groups in total. The third-order valence-corrected chi connectivity index (χ3v) is 3.33. The average molecular weight is 278 g/mol. The van der Waals surface area contributed by atoms with Crippen molar-refractivity contribution in [3.63, 3.8) is 0 Å². The molecule has 19 heavy (non-hydrogen) atoms. The summed E-state index contributed by atoms with van der Waals surface area (Å²) in [4.78, 5) is 5.37. The first-order valence-corrected chi connectivity index (χ1v) is 7.17. The molecular formula is C14H18N2O2S. The van der Waals surface area contributed by atoms with Crippen molar-refractivity contribution >= 4 is 16.5 Å². The van der Waals surface area contributed by atoms with Gasteiger partial charge in [0.05, 0.1) is 11.5 Å². The maximum absolute atomic E-state index is 5.70. The highest BCUT2D eigenvalue weighted by Crippen LogP contribution is 2.22. The molecular weight excluding hydrogens is 260 g/mol. The van der Waals surface area contributed by atoms with E-state index in [2.05, 4.69) is 17.2 Å². The second kappa shape index (κ2) is 6.99. The molecule has 0 aliphatic heterocycles. The van der Waals surface area contributed by atoms with Gasteiger partial charge in [-0.3, -0.25) is 0 Å². The molecule has 4 nitrogen and oxygen atoms in total. The Hall–Kier alpha value is -1.75. The second-order valence-corrected chi connectivity index (χ2v) is 4.97. The molecule has 1 heterocycles. The largest absolute Gasteiger partial charge is 0.494 e. The van der Waals surface area contributed by atoms with Crippen LogP contribution in [0.2, 0.25) is 0 Å². The van der Waals surface area contributed by atoms with Crippen molar-refractivity contribution in [2.24, 2.45) is 0 Å². The minimum absolute atomic E-state index is 0.539. The maximum atomic E-state index is 5.70. The van der Waals surface area contributed by atoms with Crippen LogP contribution in [0.5, 0.6) is 11.5 Å². The van der Waals surface area contributed by atoms with E-state index >= 15 is 0 Å². The lowest BCUT2D eigenvalue weighted by Gasteiger charge is -2.06. The van der Waals surface area contributed by atoms with Gasteiger partial charge in [0.15, 0.2) is 5.13 Å². The maximum Gasteiger partial charge on any atom is 0.182 e. The van der Waals surface area contributed by atoms with E-state index in [1.165, 1.54) is 0 Å². The topological polar surface area (TPSA) is 43.4 Å². The first kappa shape index (κ1) is 13.7. The molecule has 0 fully saturated rings. The summed E-state index contributed by atoms with van der Waals surface area (Å²) in [5.41, 5.74) is 0. The standard InChI is InChI=1S/C14H18N2O2S/c1-3-15-14-16-9-13(19-14)10-18-12-7-5-11(6-8-12)17-4-2/h5-9H,3-4,10H2,1-2H3,(H,15,16). The van der Waals surface area contributed by atoms with Crippen molar-refractivity contribution in [2.45, 2.75) is 20.5 Å². The molecule has 0 bridgehead atoms. The molecule has 0 unspecified atom stereocenters. The number of nitrogens with zero attached hydrogens (tertiary/aromatic N) is 1. The SMILES string of the molecule is CCNc1ncc(COc2ccc(OCC)cc2)s1. The molecule has 1 aromatic carbocycles. The Bertz CT molecular complexity index is 496. The second-order valence-electron chi connectivity index (χ2n) is 3.86. The number of hydrogen-bond donors (Lipinski definition) is 1. The van der Waals surface area contributed by atoms with Gasteiger partial charge in [-0.15, -0.1) is 0 Å². The van der Waals surface area contributed by atoms with Crippen LogP contribution >= 0.6 is 11.3 Å². The summed E-state index contributed by atoms with van der Waals surface area (Å²) in [5.74, 6) is 1.70. The summed E-state index contributed by atoms with van der Waals surface area (Å²) in [6, 6.07) is 7.65. The van der Waals surface area contributed by atoms with Crippen LogP contribution < -0.4 is 14.8 Å². The minimum atomic E-state index is 0.539. The molecule has 0 spiro atoms. The van der Waals surface area contributed by atoms with E-state index in [1.807, 2.05) is 37.4 Å². The van der Waals surface area contributed by atoms with Gasteiger partial charge in [0.1, 0.15) is 18.1 Å². The average Bonchev–Trinajstić information content (AvgIpc) is 2.87. The number of rotatable bonds is 7. The van der Waals surface area contributed by atoms with Crippen LogP contribution in [0.3, 0.4) is 0 Å². The van der Waals surface area contributed by atoms with E-state index in [0.717, 1.165) is 28.1 Å². The smallest absolute Gasteiger partial charge is 0.182 e. The van der Waals surface area contributed by atoms with Gasteiger partial charge < -0.3 is 14.8 Å². The number of benzene rings is 1. The highest BCUT2D eigenvalue weighted by Gasteiger charge is 2.02. The molecule has 0 atom stereocenters. The third-order valence-electron chi connectivity index (χ3n) is 2.40. The molecule has 0 amide bonds. The van der Waals surface area contributed by atoms with Crippen molar-refractivity contribution in [3.8, 4) is 11.5 Å². The van der Waals surface area contributed by atoms with Crippen LogP contribution in [-0.4, -0.2) is 18.1 Å². The summed E-state index contributed by atoms with van der Waals surface area (Å²) in [7, 11) is 0. The lowest BCUT2D eigenvalue weighted by atomic mass is 10.3. The van der Waals surface area contributed by atoms with Gasteiger partial charge in [-0.2, -0.15) is 0 Å². The fourth-order valence-corrected chi connectivity index (χ4v) is 2.35. The minimum Gasteiger partial charge on any atom is -0.494 e. The van der Waals surface area contributed by atoms with Crippen molar-refractivity contribution in [3.05, 3.63) is 35.3 Å². The van der Waals surface area contributed by atoms with Crippen LogP contribution in [0.25, 0.3) is 0 Å². The summed E-state index contributed by atoms with van der Waals surface area (Å²) < 4.78 is 11.1. The Labute approximate surface area is 117 Å². The zero-order chi connectivity index (χ0) is 13.5. The predicted octanol–water partition coefficient (Wildman–Crippen LogP) is 3.55. The van der Waals surface area contributed by atoms with Crippen LogP contribution in [0.15, 0.2) is 30.5 Å². The molecule has 0 aliphatic carbocycles. The monoisotopic (exact) mass is 278 g/mol. The quantitative estimate of drug-likeness (QED) is 0.841. The Kier molecular flexibility index (Phi) is 5.03. The van der Waals surface area contributed by atoms with Crippen molar-refractivity contribution in [2.75, 3.05) is 18.5 Å². The lowest BCUT2D eigenvalue weighted by Crippen LogP contribution is -1.94. The Morgan fingerprint density at radius 1 is 1.11 bits per heavy atom. The van der Waals surface area contributed by atoms with Gasteiger partial charge in [-0.05, 0) is 38.1 Å². The Balaban J connectivity index is 1.86. The van der Waals surface area contributed by atoms with Gasteiger partial charge in [-0.25, -0.2) is 4.98 Å². The van der Waals surface area contributed by atoms with Crippen molar-refractivity contribution in [1.29, 1.82) is 0 Å². The zero-order valence-corrected chi connectivity index (χ0v) is 12.0. The molecule has 2 rings (SSSR count). The highest BCUT2D eigenvalue weighted by atomic mass is 32.1. The lowest BCUT2D eigenvalue weighted by molar-refractivity contribution is 0.307. The highest BCUT2D eigenvalue weighted by molar-refractivity contribution is 7.15. The van der Waals surface area contributed by atoms with Crippen molar-refractivity contribution < 1.29 is 9.47 Å². The molecule has 0 radical (unpaired) electrons. The number of hydrogen-bond acceptors (Lipinski definition) is 5. The Morgan fingerprint density at radius 3 is 2.42 bits per heavy atom. The van der Waals surface area contributed by atoms with E-state index in [1.54, 1.807) is 11.3 Å². The first-order chi connectivity index (χ1) is 9.31. The van der Waals surface area contributed by atoms with Gasteiger partial charge >= 0.3 is 0 Å². The van der Waals surface area contributed by atoms with Gasteiger partial charge in [0.25, 0.3) is 0 Å².